The zero-order chi connectivity index (χ0) is 14.0. The predicted molar refractivity (Wildman–Crippen MR) is 73.6 cm³/mol. The minimum absolute atomic E-state index is 0.182. The molecule has 0 aromatic heterocycles. The van der Waals surface area contributed by atoms with Crippen LogP contribution in [0.25, 0.3) is 0 Å². The number of carbonyl (C=O) groups is 1. The van der Waals surface area contributed by atoms with Crippen molar-refractivity contribution in [2.45, 2.75) is 32.2 Å². The number of hydrogen-bond donors (Lipinski definition) is 0. The fourth-order valence-corrected chi connectivity index (χ4v) is 1.84. The second kappa shape index (κ2) is 8.36. The lowest BCUT2D eigenvalue weighted by Crippen LogP contribution is -2.22. The fourth-order valence-electron chi connectivity index (χ4n) is 1.84. The van der Waals surface area contributed by atoms with E-state index in [0.717, 1.165) is 31.4 Å². The molecule has 1 aliphatic heterocycles. The van der Waals surface area contributed by atoms with Gasteiger partial charge < -0.3 is 14.2 Å². The third-order valence-electron chi connectivity index (χ3n) is 2.88. The van der Waals surface area contributed by atoms with E-state index in [1.807, 2.05) is 30.3 Å². The minimum atomic E-state index is -0.540. The van der Waals surface area contributed by atoms with Gasteiger partial charge in [-0.2, -0.15) is 0 Å². The van der Waals surface area contributed by atoms with E-state index < -0.39 is 5.97 Å². The molecular formula is C16H18O4. The second-order valence-corrected chi connectivity index (χ2v) is 4.47. The van der Waals surface area contributed by atoms with Crippen molar-refractivity contribution in [1.82, 2.24) is 0 Å². The first kappa shape index (κ1) is 14.6. The maximum atomic E-state index is 11.4. The van der Waals surface area contributed by atoms with E-state index in [4.69, 9.17) is 14.2 Å². The lowest BCUT2D eigenvalue weighted by atomic mass is 10.2. The van der Waals surface area contributed by atoms with Crippen LogP contribution < -0.4 is 0 Å². The molecule has 0 bridgehead atoms. The third-order valence-corrected chi connectivity index (χ3v) is 2.88. The SMILES string of the molecule is O=C(C#CCOC1CCCCO1)OCc1ccccc1. The highest BCUT2D eigenvalue weighted by Crippen LogP contribution is 2.12. The van der Waals surface area contributed by atoms with Gasteiger partial charge >= 0.3 is 5.97 Å². The molecule has 1 aliphatic rings. The van der Waals surface area contributed by atoms with Gasteiger partial charge in [0.15, 0.2) is 6.29 Å². The quantitative estimate of drug-likeness (QED) is 0.480. The molecular weight excluding hydrogens is 256 g/mol. The molecule has 20 heavy (non-hydrogen) atoms. The Balaban J connectivity index is 1.63. The summed E-state index contributed by atoms with van der Waals surface area (Å²) in [5.74, 6) is 4.50. The highest BCUT2D eigenvalue weighted by atomic mass is 16.7. The molecule has 1 saturated heterocycles. The summed E-state index contributed by atoms with van der Waals surface area (Å²) in [7, 11) is 0. The van der Waals surface area contributed by atoms with Crippen LogP contribution in [0.15, 0.2) is 30.3 Å². The van der Waals surface area contributed by atoms with Gasteiger partial charge in [-0.25, -0.2) is 4.79 Å². The molecule has 0 N–H and O–H groups in total. The molecule has 0 spiro atoms. The zero-order valence-electron chi connectivity index (χ0n) is 11.3. The molecule has 0 amide bonds. The molecule has 4 heteroatoms. The van der Waals surface area contributed by atoms with Crippen LogP contribution in [0.4, 0.5) is 0 Å². The summed E-state index contributed by atoms with van der Waals surface area (Å²) in [5.41, 5.74) is 0.939. The summed E-state index contributed by atoms with van der Waals surface area (Å²) in [6.07, 6.45) is 2.90. The van der Waals surface area contributed by atoms with Crippen molar-refractivity contribution in [3.63, 3.8) is 0 Å². The largest absolute Gasteiger partial charge is 0.451 e. The molecule has 0 radical (unpaired) electrons. The first-order valence-electron chi connectivity index (χ1n) is 6.77. The van der Waals surface area contributed by atoms with Crippen LogP contribution in [0, 0.1) is 11.8 Å². The molecule has 1 fully saturated rings. The minimum Gasteiger partial charge on any atom is -0.451 e. The maximum absolute atomic E-state index is 11.4. The first-order valence-corrected chi connectivity index (χ1v) is 6.77. The first-order chi connectivity index (χ1) is 9.84. The topological polar surface area (TPSA) is 44.8 Å². The Morgan fingerprint density at radius 2 is 2.15 bits per heavy atom. The van der Waals surface area contributed by atoms with Gasteiger partial charge in [-0.15, -0.1) is 0 Å². The third kappa shape index (κ3) is 5.43. The fraction of sp³-hybridized carbons (Fsp3) is 0.438. The van der Waals surface area contributed by atoms with Gasteiger partial charge in [0.25, 0.3) is 0 Å². The van der Waals surface area contributed by atoms with E-state index in [9.17, 15) is 4.79 Å². The van der Waals surface area contributed by atoms with Gasteiger partial charge in [-0.3, -0.25) is 0 Å². The smallest absolute Gasteiger partial charge is 0.384 e. The molecule has 106 valence electrons. The van der Waals surface area contributed by atoms with E-state index in [-0.39, 0.29) is 19.5 Å². The Kier molecular flexibility index (Phi) is 6.09. The molecule has 0 saturated carbocycles. The average molecular weight is 274 g/mol. The van der Waals surface area contributed by atoms with E-state index in [0.29, 0.717) is 0 Å². The van der Waals surface area contributed by atoms with Gasteiger partial charge in [0.1, 0.15) is 13.2 Å². The Morgan fingerprint density at radius 1 is 1.30 bits per heavy atom. The highest BCUT2D eigenvalue weighted by Gasteiger charge is 2.12. The van der Waals surface area contributed by atoms with Crippen molar-refractivity contribution >= 4 is 5.97 Å². The van der Waals surface area contributed by atoms with Crippen molar-refractivity contribution in [1.29, 1.82) is 0 Å². The van der Waals surface area contributed by atoms with Crippen LogP contribution >= 0.6 is 0 Å². The second-order valence-electron chi connectivity index (χ2n) is 4.47. The number of hydrogen-bond acceptors (Lipinski definition) is 4. The number of ether oxygens (including phenoxy) is 3. The van der Waals surface area contributed by atoms with E-state index in [1.54, 1.807) is 0 Å². The van der Waals surface area contributed by atoms with Gasteiger partial charge in [-0.1, -0.05) is 36.3 Å². The predicted octanol–water partition coefficient (Wildman–Crippen LogP) is 2.28. The number of rotatable bonds is 4. The van der Waals surface area contributed by atoms with Crippen LogP contribution in [0.2, 0.25) is 0 Å². The molecule has 2 rings (SSSR count). The van der Waals surface area contributed by atoms with Gasteiger partial charge in [0.2, 0.25) is 0 Å². The lowest BCUT2D eigenvalue weighted by molar-refractivity contribution is -0.154. The summed E-state index contributed by atoms with van der Waals surface area (Å²) in [6, 6.07) is 9.49. The number of carbonyl (C=O) groups excluding carboxylic acids is 1. The summed E-state index contributed by atoms with van der Waals surface area (Å²) >= 11 is 0. The van der Waals surface area contributed by atoms with Crippen LogP contribution in [0.1, 0.15) is 24.8 Å². The zero-order valence-corrected chi connectivity index (χ0v) is 11.3. The van der Waals surface area contributed by atoms with E-state index in [2.05, 4.69) is 11.8 Å². The van der Waals surface area contributed by atoms with Crippen LogP contribution in [-0.4, -0.2) is 25.5 Å². The van der Waals surface area contributed by atoms with Crippen molar-refractivity contribution in [3.8, 4) is 11.8 Å². The Bertz CT molecular complexity index is 466. The van der Waals surface area contributed by atoms with Gasteiger partial charge in [0, 0.05) is 12.5 Å². The van der Waals surface area contributed by atoms with Gasteiger partial charge in [0.05, 0.1) is 0 Å². The van der Waals surface area contributed by atoms with Crippen LogP contribution in [0.5, 0.6) is 0 Å². The van der Waals surface area contributed by atoms with Gasteiger partial charge in [-0.05, 0) is 24.8 Å². The lowest BCUT2D eigenvalue weighted by Gasteiger charge is -2.21. The molecule has 1 unspecified atom stereocenters. The van der Waals surface area contributed by atoms with Crippen molar-refractivity contribution < 1.29 is 19.0 Å². The van der Waals surface area contributed by atoms with Crippen molar-refractivity contribution in [2.24, 2.45) is 0 Å². The summed E-state index contributed by atoms with van der Waals surface area (Å²) in [5, 5.41) is 0. The van der Waals surface area contributed by atoms with Crippen LogP contribution in [0.3, 0.4) is 0 Å². The standard InChI is InChI=1S/C16H18O4/c17-15(20-13-14-7-2-1-3-8-14)9-6-12-19-16-10-4-5-11-18-16/h1-3,7-8,16H,4-5,10-13H2. The van der Waals surface area contributed by atoms with Crippen LogP contribution in [-0.2, 0) is 25.6 Å². The maximum Gasteiger partial charge on any atom is 0.384 e. The highest BCUT2D eigenvalue weighted by molar-refractivity contribution is 5.88. The molecule has 0 aliphatic carbocycles. The van der Waals surface area contributed by atoms with Crippen molar-refractivity contribution in [3.05, 3.63) is 35.9 Å². The normalized spacial score (nSPS) is 17.9. The van der Waals surface area contributed by atoms with E-state index >= 15 is 0 Å². The molecule has 1 aromatic carbocycles. The van der Waals surface area contributed by atoms with Crippen molar-refractivity contribution in [2.75, 3.05) is 13.2 Å². The average Bonchev–Trinajstić information content (AvgIpc) is 2.52. The Labute approximate surface area is 119 Å². The summed E-state index contributed by atoms with van der Waals surface area (Å²) in [6.45, 7) is 1.16. The Hall–Kier alpha value is -1.83. The monoisotopic (exact) mass is 274 g/mol. The molecule has 1 heterocycles. The molecule has 4 nitrogen and oxygen atoms in total. The molecule has 1 atom stereocenters. The summed E-state index contributed by atoms with van der Waals surface area (Å²) in [4.78, 5) is 11.4. The number of benzene rings is 1. The molecule has 1 aromatic rings. The Morgan fingerprint density at radius 3 is 2.90 bits per heavy atom. The summed E-state index contributed by atoms with van der Waals surface area (Å²) < 4.78 is 15.8. The van der Waals surface area contributed by atoms with E-state index in [1.165, 1.54) is 0 Å². The number of esters is 1.